The molecular formula is C17H15FN2O2S2. The summed E-state index contributed by atoms with van der Waals surface area (Å²) >= 11 is 2.87. The molecule has 1 amide bonds. The van der Waals surface area contributed by atoms with Crippen molar-refractivity contribution in [1.29, 1.82) is 0 Å². The van der Waals surface area contributed by atoms with Crippen molar-refractivity contribution in [2.24, 2.45) is 0 Å². The summed E-state index contributed by atoms with van der Waals surface area (Å²) in [7, 11) is 0. The molecule has 1 aliphatic rings. The van der Waals surface area contributed by atoms with E-state index in [2.05, 4.69) is 4.98 Å². The van der Waals surface area contributed by atoms with Gasteiger partial charge in [0.15, 0.2) is 10.9 Å². The predicted molar refractivity (Wildman–Crippen MR) is 95.2 cm³/mol. The number of benzene rings is 1. The van der Waals surface area contributed by atoms with Crippen LogP contribution in [0.4, 0.5) is 9.52 Å². The van der Waals surface area contributed by atoms with Crippen LogP contribution < -0.4 is 4.90 Å². The Hall–Kier alpha value is -1.99. The molecule has 7 heteroatoms. The number of hydrogen-bond acceptors (Lipinski definition) is 5. The van der Waals surface area contributed by atoms with Crippen LogP contribution in [-0.4, -0.2) is 29.0 Å². The normalized spacial score (nSPS) is 15.5. The molecule has 2 aromatic rings. The number of anilines is 1. The number of rotatable bonds is 3. The molecule has 3 rings (SSSR count). The van der Waals surface area contributed by atoms with Crippen molar-refractivity contribution in [3.63, 3.8) is 0 Å². The smallest absolute Gasteiger partial charge is 0.225 e. The van der Waals surface area contributed by atoms with Crippen molar-refractivity contribution in [3.8, 4) is 0 Å². The Balaban J connectivity index is 1.89. The number of ketones is 1. The fourth-order valence-electron chi connectivity index (χ4n) is 2.44. The Kier molecular flexibility index (Phi) is 4.82. The van der Waals surface area contributed by atoms with Crippen LogP contribution in [0.2, 0.25) is 0 Å². The van der Waals surface area contributed by atoms with E-state index in [0.717, 1.165) is 4.90 Å². The van der Waals surface area contributed by atoms with Gasteiger partial charge < -0.3 is 0 Å². The zero-order valence-corrected chi connectivity index (χ0v) is 14.8. The van der Waals surface area contributed by atoms with Gasteiger partial charge in [0.1, 0.15) is 5.82 Å². The number of aromatic nitrogens is 1. The summed E-state index contributed by atoms with van der Waals surface area (Å²) in [4.78, 5) is 30.9. The van der Waals surface area contributed by atoms with Crippen molar-refractivity contribution < 1.29 is 14.0 Å². The molecule has 124 valence electrons. The second-order valence-electron chi connectivity index (χ2n) is 5.25. The first kappa shape index (κ1) is 16.9. The first-order chi connectivity index (χ1) is 11.5. The lowest BCUT2D eigenvalue weighted by molar-refractivity contribution is -0.116. The molecule has 1 aromatic carbocycles. The molecule has 4 nitrogen and oxygen atoms in total. The summed E-state index contributed by atoms with van der Waals surface area (Å²) in [5.41, 5.74) is 1.62. The summed E-state index contributed by atoms with van der Waals surface area (Å²) < 4.78 is 13.4. The van der Waals surface area contributed by atoms with E-state index in [1.165, 1.54) is 42.2 Å². The zero-order valence-electron chi connectivity index (χ0n) is 13.2. The van der Waals surface area contributed by atoms with Gasteiger partial charge in [0.2, 0.25) is 5.91 Å². The van der Waals surface area contributed by atoms with Crippen molar-refractivity contribution in [2.45, 2.75) is 18.7 Å². The van der Waals surface area contributed by atoms with Crippen LogP contribution in [0.5, 0.6) is 0 Å². The summed E-state index contributed by atoms with van der Waals surface area (Å²) in [6.45, 7) is 3.92. The van der Waals surface area contributed by atoms with Gasteiger partial charge in [-0.2, -0.15) is 0 Å². The third-order valence-corrected chi connectivity index (χ3v) is 5.62. The highest BCUT2D eigenvalue weighted by molar-refractivity contribution is 7.99. The van der Waals surface area contributed by atoms with Gasteiger partial charge in [0.25, 0.3) is 0 Å². The van der Waals surface area contributed by atoms with Crippen LogP contribution in [0, 0.1) is 5.82 Å². The van der Waals surface area contributed by atoms with Crippen LogP contribution in [0.1, 0.15) is 29.9 Å². The largest absolute Gasteiger partial charge is 0.289 e. The topological polar surface area (TPSA) is 50.3 Å². The molecule has 0 saturated carbocycles. The average Bonchev–Trinajstić information content (AvgIpc) is 2.99. The van der Waals surface area contributed by atoms with Gasteiger partial charge in [0, 0.05) is 40.6 Å². The van der Waals surface area contributed by atoms with Crippen LogP contribution >= 0.6 is 23.1 Å². The van der Waals surface area contributed by atoms with Crippen molar-refractivity contribution in [1.82, 2.24) is 4.98 Å². The molecule has 0 aliphatic carbocycles. The van der Waals surface area contributed by atoms with Crippen molar-refractivity contribution >= 4 is 46.0 Å². The Morgan fingerprint density at radius 1 is 1.46 bits per heavy atom. The molecule has 0 N–H and O–H groups in total. The average molecular weight is 362 g/mol. The Bertz CT molecular complexity index is 845. The minimum Gasteiger partial charge on any atom is -0.289 e. The number of thiazole rings is 1. The van der Waals surface area contributed by atoms with Crippen LogP contribution in [0.25, 0.3) is 6.08 Å². The minimum atomic E-state index is -0.417. The van der Waals surface area contributed by atoms with Crippen molar-refractivity contribution in [2.75, 3.05) is 17.2 Å². The first-order valence-corrected chi connectivity index (χ1v) is 9.27. The number of carbonyl (C=O) groups excluding carboxylic acids is 2. The fraction of sp³-hybridized carbons (Fsp3) is 0.235. The summed E-state index contributed by atoms with van der Waals surface area (Å²) in [5, 5.41) is 2.42. The third-order valence-electron chi connectivity index (χ3n) is 3.62. The Labute approximate surface area is 147 Å². The first-order valence-electron chi connectivity index (χ1n) is 7.41. The van der Waals surface area contributed by atoms with E-state index < -0.39 is 5.82 Å². The number of carbonyl (C=O) groups is 2. The Morgan fingerprint density at radius 2 is 2.25 bits per heavy atom. The summed E-state index contributed by atoms with van der Waals surface area (Å²) in [6, 6.07) is 4.28. The van der Waals surface area contributed by atoms with E-state index >= 15 is 0 Å². The lowest BCUT2D eigenvalue weighted by Crippen LogP contribution is -2.27. The molecule has 24 heavy (non-hydrogen) atoms. The molecule has 2 heterocycles. The van der Waals surface area contributed by atoms with Gasteiger partial charge in [-0.05, 0) is 31.2 Å². The van der Waals surface area contributed by atoms with Crippen LogP contribution in [0.15, 0.2) is 34.0 Å². The predicted octanol–water partition coefficient (Wildman–Crippen LogP) is 4.03. The highest BCUT2D eigenvalue weighted by Crippen LogP contribution is 2.34. The van der Waals surface area contributed by atoms with Crippen LogP contribution in [-0.2, 0) is 4.79 Å². The van der Waals surface area contributed by atoms with E-state index in [-0.39, 0.29) is 11.7 Å². The maximum atomic E-state index is 13.4. The number of nitrogens with zero attached hydrogens (tertiary/aromatic N) is 2. The van der Waals surface area contributed by atoms with Gasteiger partial charge in [-0.15, -0.1) is 23.1 Å². The maximum absolute atomic E-state index is 13.4. The maximum Gasteiger partial charge on any atom is 0.225 e. The standard InChI is InChI=1S/C17H15FN2O2S2/c1-3-20(10(2)21)17-19-13(9-24-17)6-11-8-23-15-5-4-12(18)7-14(15)16(11)22/h4-7,9H,3,8H2,1-2H3/b11-6-. The molecule has 0 fully saturated rings. The van der Waals surface area contributed by atoms with E-state index in [1.54, 1.807) is 17.0 Å². The SMILES string of the molecule is CCN(C(C)=O)c1nc(/C=C2/CSc3ccc(F)cc3C2=O)cs1. The lowest BCUT2D eigenvalue weighted by Gasteiger charge is -2.16. The van der Waals surface area contributed by atoms with Gasteiger partial charge in [-0.25, -0.2) is 9.37 Å². The summed E-state index contributed by atoms with van der Waals surface area (Å²) in [5.74, 6) is -0.134. The van der Waals surface area contributed by atoms with Gasteiger partial charge in [-0.3, -0.25) is 14.5 Å². The molecular weight excluding hydrogens is 347 g/mol. The molecule has 0 atom stereocenters. The monoisotopic (exact) mass is 362 g/mol. The van der Waals surface area contributed by atoms with Crippen LogP contribution in [0.3, 0.4) is 0 Å². The highest BCUT2D eigenvalue weighted by Gasteiger charge is 2.23. The molecule has 1 aliphatic heterocycles. The molecule has 0 bridgehead atoms. The lowest BCUT2D eigenvalue weighted by atomic mass is 10.0. The number of Topliss-reactive ketones (excluding diaryl/α,β-unsaturated/α-hetero) is 1. The third kappa shape index (κ3) is 3.27. The van der Waals surface area contributed by atoms with E-state index in [0.29, 0.717) is 34.3 Å². The van der Waals surface area contributed by atoms with Crippen molar-refractivity contribution in [3.05, 3.63) is 46.2 Å². The van der Waals surface area contributed by atoms with Gasteiger partial charge >= 0.3 is 0 Å². The molecule has 0 spiro atoms. The highest BCUT2D eigenvalue weighted by atomic mass is 32.2. The minimum absolute atomic E-state index is 0.0697. The second kappa shape index (κ2) is 6.86. The van der Waals surface area contributed by atoms with E-state index in [1.807, 2.05) is 12.3 Å². The number of halogens is 1. The number of thioether (sulfide) groups is 1. The summed E-state index contributed by atoms with van der Waals surface area (Å²) in [6.07, 6.45) is 1.72. The van der Waals surface area contributed by atoms with Gasteiger partial charge in [-0.1, -0.05) is 0 Å². The Morgan fingerprint density at radius 3 is 2.96 bits per heavy atom. The zero-order chi connectivity index (χ0) is 17.3. The van der Waals surface area contributed by atoms with E-state index in [9.17, 15) is 14.0 Å². The molecule has 0 saturated heterocycles. The quantitative estimate of drug-likeness (QED) is 0.774. The number of hydrogen-bond donors (Lipinski definition) is 0. The van der Waals surface area contributed by atoms with E-state index in [4.69, 9.17) is 0 Å². The molecule has 0 unspecified atom stereocenters. The molecule has 1 aromatic heterocycles. The number of amides is 1. The fourth-order valence-corrected chi connectivity index (χ4v) is 4.33. The number of fused-ring (bicyclic) bond motifs is 1. The molecule has 0 radical (unpaired) electrons. The second-order valence-corrected chi connectivity index (χ2v) is 7.10. The van der Waals surface area contributed by atoms with Gasteiger partial charge in [0.05, 0.1) is 5.69 Å².